The van der Waals surface area contributed by atoms with Crippen LogP contribution in [0.15, 0.2) is 24.4 Å². The third kappa shape index (κ3) is 5.98. The lowest BCUT2D eigenvalue weighted by Gasteiger charge is -2.33. The minimum atomic E-state index is -2.90. The predicted molar refractivity (Wildman–Crippen MR) is 97.1 cm³/mol. The molecule has 28 heavy (non-hydrogen) atoms. The van der Waals surface area contributed by atoms with Crippen molar-refractivity contribution in [1.82, 2.24) is 20.3 Å². The summed E-state index contributed by atoms with van der Waals surface area (Å²) in [5.41, 5.74) is -1.11. The zero-order chi connectivity index (χ0) is 20.9. The largest absolute Gasteiger partial charge is 0.530 e. The molecule has 2 heterocycles. The lowest BCUT2D eigenvalue weighted by Crippen LogP contribution is -2.55. The van der Waals surface area contributed by atoms with Crippen LogP contribution in [0.4, 0.5) is 13.6 Å². The molecule has 0 bridgehead atoms. The Bertz CT molecular complexity index is 838. The highest BCUT2D eigenvalue weighted by atomic mass is 35.5. The average molecular weight is 414 g/mol. The first-order valence-corrected chi connectivity index (χ1v) is 8.87. The minimum absolute atomic E-state index is 0.0315. The number of nitrogens with one attached hydrogen (secondary N) is 1. The summed E-state index contributed by atoms with van der Waals surface area (Å²) in [4.78, 5) is 22.6. The van der Waals surface area contributed by atoms with E-state index in [9.17, 15) is 18.7 Å². The first-order chi connectivity index (χ1) is 13.1. The van der Waals surface area contributed by atoms with Crippen LogP contribution < -0.4 is 15.2 Å². The van der Waals surface area contributed by atoms with Crippen LogP contribution in [0.25, 0.3) is 11.4 Å². The molecular formula is C18H20ClF2N4O3-. The number of carbonyl (C=O) groups excluding carboxylic acids is 1. The second kappa shape index (κ2) is 9.09. The second-order valence-electron chi connectivity index (χ2n) is 6.95. The topological polar surface area (TPSA) is 100 Å². The normalized spacial score (nSPS) is 13.4. The number of alkyl halides is 2. The molecule has 1 amide bonds. The Morgan fingerprint density at radius 3 is 2.54 bits per heavy atom. The summed E-state index contributed by atoms with van der Waals surface area (Å²) in [5, 5.41) is 13.2. The van der Waals surface area contributed by atoms with Gasteiger partial charge < -0.3 is 20.0 Å². The molecule has 0 aliphatic heterocycles. The van der Waals surface area contributed by atoms with Gasteiger partial charge >= 0.3 is 0 Å². The molecule has 1 atom stereocenters. The van der Waals surface area contributed by atoms with E-state index in [-0.39, 0.29) is 34.9 Å². The number of ether oxygens (including phenoxy) is 1. The van der Waals surface area contributed by atoms with Crippen LogP contribution in [0.1, 0.15) is 39.3 Å². The van der Waals surface area contributed by atoms with Crippen molar-refractivity contribution in [2.45, 2.75) is 39.2 Å². The number of pyridine rings is 1. The van der Waals surface area contributed by atoms with Crippen molar-refractivity contribution < 1.29 is 23.4 Å². The molecule has 2 aromatic rings. The number of aromatic nitrogens is 3. The molecule has 0 aliphatic rings. The molecule has 2 aromatic heterocycles. The van der Waals surface area contributed by atoms with Gasteiger partial charge in [-0.1, -0.05) is 13.8 Å². The van der Waals surface area contributed by atoms with E-state index in [4.69, 9.17) is 16.3 Å². The zero-order valence-electron chi connectivity index (χ0n) is 15.6. The van der Waals surface area contributed by atoms with Crippen LogP contribution in [0.2, 0.25) is 5.28 Å². The van der Waals surface area contributed by atoms with E-state index in [1.807, 2.05) is 13.8 Å². The smallest absolute Gasteiger partial charge is 0.284 e. The highest BCUT2D eigenvalue weighted by molar-refractivity contribution is 6.28. The lowest BCUT2D eigenvalue weighted by atomic mass is 9.91. The van der Waals surface area contributed by atoms with E-state index >= 15 is 0 Å². The monoisotopic (exact) mass is 413 g/mol. The molecule has 1 N–H and O–H groups in total. The van der Waals surface area contributed by atoms with Gasteiger partial charge in [-0.05, 0) is 49.1 Å². The fraction of sp³-hybridized carbons (Fsp3) is 0.444. The Morgan fingerprint density at radius 2 is 1.96 bits per heavy atom. The third-order valence-electron chi connectivity index (χ3n) is 3.79. The number of hydrogen-bond acceptors (Lipinski definition) is 6. The molecule has 0 fully saturated rings. The molecule has 7 nitrogen and oxygen atoms in total. The molecule has 0 aliphatic carbocycles. The van der Waals surface area contributed by atoms with Gasteiger partial charge in [0.05, 0.1) is 16.9 Å². The van der Waals surface area contributed by atoms with Crippen molar-refractivity contribution in [2.75, 3.05) is 6.61 Å². The van der Waals surface area contributed by atoms with Gasteiger partial charge in [-0.2, -0.15) is 0 Å². The first-order valence-electron chi connectivity index (χ1n) is 8.49. The Balaban J connectivity index is 2.28. The second-order valence-corrected chi connectivity index (χ2v) is 7.29. The zero-order valence-corrected chi connectivity index (χ0v) is 16.3. The number of hydrogen-bond donors (Lipinski definition) is 1. The number of halogens is 3. The summed E-state index contributed by atoms with van der Waals surface area (Å²) in [7, 11) is 0. The highest BCUT2D eigenvalue weighted by Gasteiger charge is 2.28. The molecule has 0 saturated carbocycles. The Kier molecular flexibility index (Phi) is 7.06. The standard InChI is InChI=1S/C18H21ClF2N4O3/c1-10(2)8-18(3,25-17(26)27)9-28-13-5-4-11(23-14(13)15(20)21)12-6-7-22-16(19)24-12/h4-7,10,15,25H,8-9H2,1-3H3,(H,26,27)/p-1. The number of nitrogens with zero attached hydrogens (tertiary/aromatic N) is 3. The average Bonchev–Trinajstić information content (AvgIpc) is 2.58. The molecule has 0 spiro atoms. The van der Waals surface area contributed by atoms with Crippen molar-refractivity contribution >= 4 is 17.7 Å². The summed E-state index contributed by atoms with van der Waals surface area (Å²) in [6, 6.07) is 4.30. The molecule has 152 valence electrons. The van der Waals surface area contributed by atoms with Crippen molar-refractivity contribution in [2.24, 2.45) is 5.92 Å². The van der Waals surface area contributed by atoms with E-state index in [0.717, 1.165) is 0 Å². The van der Waals surface area contributed by atoms with Gasteiger partial charge in [0.2, 0.25) is 5.28 Å². The van der Waals surface area contributed by atoms with E-state index in [1.165, 1.54) is 24.4 Å². The Morgan fingerprint density at radius 1 is 1.29 bits per heavy atom. The summed E-state index contributed by atoms with van der Waals surface area (Å²) >= 11 is 5.73. The highest BCUT2D eigenvalue weighted by Crippen LogP contribution is 2.31. The number of amides is 1. The van der Waals surface area contributed by atoms with Gasteiger partial charge in [0.1, 0.15) is 24.1 Å². The van der Waals surface area contributed by atoms with Crippen LogP contribution in [0.5, 0.6) is 5.75 Å². The fourth-order valence-electron chi connectivity index (χ4n) is 2.89. The summed E-state index contributed by atoms with van der Waals surface area (Å²) in [6.07, 6.45) is -2.55. The number of rotatable bonds is 8. The molecule has 10 heteroatoms. The van der Waals surface area contributed by atoms with E-state index in [0.29, 0.717) is 6.42 Å². The molecule has 2 rings (SSSR count). The van der Waals surface area contributed by atoms with Crippen molar-refractivity contribution in [3.05, 3.63) is 35.4 Å². The van der Waals surface area contributed by atoms with Gasteiger partial charge in [0.15, 0.2) is 0 Å². The van der Waals surface area contributed by atoms with Crippen molar-refractivity contribution in [3.63, 3.8) is 0 Å². The van der Waals surface area contributed by atoms with Gasteiger partial charge in [0, 0.05) is 6.20 Å². The lowest BCUT2D eigenvalue weighted by molar-refractivity contribution is -0.253. The molecule has 0 radical (unpaired) electrons. The predicted octanol–water partition coefficient (Wildman–Crippen LogP) is 3.25. The fourth-order valence-corrected chi connectivity index (χ4v) is 3.04. The van der Waals surface area contributed by atoms with E-state index < -0.39 is 23.8 Å². The molecule has 0 aromatic carbocycles. The maximum Gasteiger partial charge on any atom is 0.284 e. The van der Waals surface area contributed by atoms with E-state index in [1.54, 1.807) is 6.92 Å². The molecular weight excluding hydrogens is 394 g/mol. The SMILES string of the molecule is CC(C)CC(C)(COc1ccc(-c2ccnc(Cl)n2)nc1C(F)F)NC(=O)[O-]. The van der Waals surface area contributed by atoms with Crippen molar-refractivity contribution in [3.8, 4) is 17.1 Å². The summed E-state index contributed by atoms with van der Waals surface area (Å²) < 4.78 is 32.6. The minimum Gasteiger partial charge on any atom is -0.530 e. The van der Waals surface area contributed by atoms with Crippen LogP contribution in [-0.2, 0) is 0 Å². The van der Waals surface area contributed by atoms with Crippen LogP contribution >= 0.6 is 11.6 Å². The Hall–Kier alpha value is -2.55. The van der Waals surface area contributed by atoms with E-state index in [2.05, 4.69) is 20.3 Å². The van der Waals surface area contributed by atoms with Crippen molar-refractivity contribution in [1.29, 1.82) is 0 Å². The Labute approximate surface area is 166 Å². The summed E-state index contributed by atoms with van der Waals surface area (Å²) in [5.74, 6) is -0.00735. The van der Waals surface area contributed by atoms with Gasteiger partial charge in [-0.25, -0.2) is 23.7 Å². The number of carbonyl (C=O) groups is 1. The van der Waals surface area contributed by atoms with Gasteiger partial charge in [0.25, 0.3) is 6.43 Å². The molecule has 0 saturated heterocycles. The number of carboxylic acid groups (broad SMARTS) is 1. The van der Waals surface area contributed by atoms with Gasteiger partial charge in [-0.3, -0.25) is 0 Å². The first kappa shape index (κ1) is 21.7. The van der Waals surface area contributed by atoms with Gasteiger partial charge in [-0.15, -0.1) is 0 Å². The maximum absolute atomic E-state index is 13.5. The quantitative estimate of drug-likeness (QED) is 0.667. The van der Waals surface area contributed by atoms with Crippen LogP contribution in [-0.4, -0.2) is 33.2 Å². The van der Waals surface area contributed by atoms with Crippen LogP contribution in [0.3, 0.4) is 0 Å². The van der Waals surface area contributed by atoms with Crippen LogP contribution in [0, 0.1) is 5.92 Å². The maximum atomic E-state index is 13.5. The molecule has 1 unspecified atom stereocenters. The third-order valence-corrected chi connectivity index (χ3v) is 3.97. The summed E-state index contributed by atoms with van der Waals surface area (Å²) in [6.45, 7) is 5.26.